The molecule has 2 atom stereocenters. The lowest BCUT2D eigenvalue weighted by Gasteiger charge is -2.32. The summed E-state index contributed by atoms with van der Waals surface area (Å²) in [6.45, 7) is 0.218. The summed E-state index contributed by atoms with van der Waals surface area (Å²) in [5.74, 6) is -0.376. The van der Waals surface area contributed by atoms with E-state index in [0.717, 1.165) is 31.2 Å². The van der Waals surface area contributed by atoms with E-state index < -0.39 is 6.09 Å². The molecule has 0 aromatic heterocycles. The van der Waals surface area contributed by atoms with Gasteiger partial charge in [-0.25, -0.2) is 9.86 Å². The van der Waals surface area contributed by atoms with Crippen molar-refractivity contribution in [1.82, 2.24) is 10.4 Å². The van der Waals surface area contributed by atoms with Gasteiger partial charge in [0.15, 0.2) is 0 Å². The third-order valence-corrected chi connectivity index (χ3v) is 4.18. The molecular formula is C17H24N2O4. The molecule has 1 fully saturated rings. The van der Waals surface area contributed by atoms with Crippen LogP contribution in [0, 0.1) is 5.92 Å². The molecule has 1 aromatic rings. The van der Waals surface area contributed by atoms with Gasteiger partial charge >= 0.3 is 6.09 Å². The van der Waals surface area contributed by atoms with Gasteiger partial charge in [-0.1, -0.05) is 43.2 Å². The van der Waals surface area contributed by atoms with Crippen LogP contribution < -0.4 is 5.32 Å². The number of ether oxygens (including phenoxy) is 1. The highest BCUT2D eigenvalue weighted by molar-refractivity contribution is 5.79. The molecule has 1 N–H and O–H groups in total. The summed E-state index contributed by atoms with van der Waals surface area (Å²) in [4.78, 5) is 29.3. The Morgan fingerprint density at radius 1 is 1.22 bits per heavy atom. The van der Waals surface area contributed by atoms with E-state index >= 15 is 0 Å². The number of amides is 2. The zero-order chi connectivity index (χ0) is 16.7. The minimum absolute atomic E-state index is 0.111. The van der Waals surface area contributed by atoms with E-state index in [2.05, 4.69) is 5.32 Å². The Bertz CT molecular complexity index is 521. The van der Waals surface area contributed by atoms with E-state index in [4.69, 9.17) is 9.57 Å². The lowest BCUT2D eigenvalue weighted by atomic mass is 9.84. The van der Waals surface area contributed by atoms with Crippen LogP contribution in [0.3, 0.4) is 0 Å². The van der Waals surface area contributed by atoms with Gasteiger partial charge in [0.2, 0.25) is 0 Å². The topological polar surface area (TPSA) is 67.9 Å². The van der Waals surface area contributed by atoms with E-state index in [1.165, 1.54) is 12.2 Å². The monoisotopic (exact) mass is 320 g/mol. The molecule has 0 aliphatic heterocycles. The number of hydroxylamine groups is 2. The van der Waals surface area contributed by atoms with Crippen LogP contribution in [-0.2, 0) is 21.0 Å². The molecule has 2 unspecified atom stereocenters. The molecule has 6 nitrogen and oxygen atoms in total. The minimum atomic E-state index is -0.487. The van der Waals surface area contributed by atoms with Gasteiger partial charge in [0.05, 0.1) is 13.0 Å². The number of rotatable bonds is 5. The molecule has 2 rings (SSSR count). The van der Waals surface area contributed by atoms with Gasteiger partial charge in [-0.3, -0.25) is 9.63 Å². The minimum Gasteiger partial charge on any atom is -0.445 e. The van der Waals surface area contributed by atoms with Crippen molar-refractivity contribution in [2.45, 2.75) is 38.3 Å². The molecule has 0 saturated heterocycles. The van der Waals surface area contributed by atoms with Gasteiger partial charge in [-0.15, -0.1) is 0 Å². The normalized spacial score (nSPS) is 20.6. The SMILES string of the molecule is CON(C)C(=O)C1CCCCC1NC(=O)OCc1ccccc1. The molecule has 6 heteroatoms. The summed E-state index contributed by atoms with van der Waals surface area (Å²) in [6, 6.07) is 9.28. The Morgan fingerprint density at radius 2 is 1.91 bits per heavy atom. The third kappa shape index (κ3) is 4.96. The fourth-order valence-electron chi connectivity index (χ4n) is 2.84. The highest BCUT2D eigenvalue weighted by Gasteiger charge is 2.34. The van der Waals surface area contributed by atoms with Gasteiger partial charge in [0, 0.05) is 13.1 Å². The molecule has 2 amide bonds. The van der Waals surface area contributed by atoms with Crippen LogP contribution in [0.2, 0.25) is 0 Å². The summed E-state index contributed by atoms with van der Waals surface area (Å²) in [7, 11) is 3.04. The highest BCUT2D eigenvalue weighted by atomic mass is 16.7. The molecule has 0 heterocycles. The summed E-state index contributed by atoms with van der Waals surface area (Å²) in [5.41, 5.74) is 0.929. The predicted molar refractivity (Wildman–Crippen MR) is 85.3 cm³/mol. The fraction of sp³-hybridized carbons (Fsp3) is 0.529. The van der Waals surface area contributed by atoms with Crippen molar-refractivity contribution >= 4 is 12.0 Å². The molecule has 0 bridgehead atoms. The molecule has 0 radical (unpaired) electrons. The second-order valence-corrected chi connectivity index (χ2v) is 5.72. The Kier molecular flexibility index (Phi) is 6.40. The molecule has 0 spiro atoms. The van der Waals surface area contributed by atoms with E-state index in [-0.39, 0.29) is 24.5 Å². The average molecular weight is 320 g/mol. The molecular weight excluding hydrogens is 296 g/mol. The van der Waals surface area contributed by atoms with E-state index in [1.54, 1.807) is 7.05 Å². The van der Waals surface area contributed by atoms with Crippen molar-refractivity contribution in [3.05, 3.63) is 35.9 Å². The fourth-order valence-corrected chi connectivity index (χ4v) is 2.84. The van der Waals surface area contributed by atoms with Crippen molar-refractivity contribution in [2.24, 2.45) is 5.92 Å². The second-order valence-electron chi connectivity index (χ2n) is 5.72. The largest absolute Gasteiger partial charge is 0.445 e. The summed E-state index contributed by atoms with van der Waals surface area (Å²) >= 11 is 0. The molecule has 23 heavy (non-hydrogen) atoms. The van der Waals surface area contributed by atoms with Gasteiger partial charge in [-0.05, 0) is 18.4 Å². The van der Waals surface area contributed by atoms with Crippen molar-refractivity contribution in [1.29, 1.82) is 0 Å². The van der Waals surface area contributed by atoms with E-state index in [9.17, 15) is 9.59 Å². The smallest absolute Gasteiger partial charge is 0.407 e. The van der Waals surface area contributed by atoms with Crippen LogP contribution >= 0.6 is 0 Å². The van der Waals surface area contributed by atoms with Gasteiger partial charge < -0.3 is 10.1 Å². The van der Waals surface area contributed by atoms with Crippen molar-refractivity contribution in [3.8, 4) is 0 Å². The van der Waals surface area contributed by atoms with Crippen LogP contribution in [0.25, 0.3) is 0 Å². The maximum absolute atomic E-state index is 12.3. The predicted octanol–water partition coefficient (Wildman–Crippen LogP) is 2.49. The lowest BCUT2D eigenvalue weighted by Crippen LogP contribution is -2.48. The number of nitrogens with one attached hydrogen (secondary N) is 1. The Hall–Kier alpha value is -2.08. The summed E-state index contributed by atoms with van der Waals surface area (Å²) in [5, 5.41) is 4.06. The van der Waals surface area contributed by atoms with Crippen LogP contribution in [-0.4, -0.2) is 37.3 Å². The number of carbonyl (C=O) groups is 2. The molecule has 1 aliphatic rings. The van der Waals surface area contributed by atoms with Crippen molar-refractivity contribution in [2.75, 3.05) is 14.2 Å². The maximum Gasteiger partial charge on any atom is 0.407 e. The number of hydrogen-bond donors (Lipinski definition) is 1. The summed E-state index contributed by atoms with van der Waals surface area (Å²) in [6.07, 6.45) is 3.00. The second kappa shape index (κ2) is 8.53. The third-order valence-electron chi connectivity index (χ3n) is 4.18. The van der Waals surface area contributed by atoms with E-state index in [1.807, 2.05) is 30.3 Å². The zero-order valence-electron chi connectivity index (χ0n) is 13.7. The number of nitrogens with zero attached hydrogens (tertiary/aromatic N) is 1. The first kappa shape index (κ1) is 17.3. The van der Waals surface area contributed by atoms with Crippen molar-refractivity contribution < 1.29 is 19.2 Å². The number of carbonyl (C=O) groups excluding carboxylic acids is 2. The first-order chi connectivity index (χ1) is 11.1. The van der Waals surface area contributed by atoms with Crippen LogP contribution in [0.1, 0.15) is 31.2 Å². The standard InChI is InChI=1S/C17H24N2O4/c1-19(22-2)16(20)14-10-6-7-11-15(14)18-17(21)23-12-13-8-4-3-5-9-13/h3-5,8-9,14-15H,6-7,10-12H2,1-2H3,(H,18,21). The summed E-state index contributed by atoms with van der Waals surface area (Å²) < 4.78 is 5.24. The number of benzene rings is 1. The molecule has 1 aromatic carbocycles. The van der Waals surface area contributed by atoms with Gasteiger partial charge in [-0.2, -0.15) is 0 Å². The number of alkyl carbamates (subject to hydrolysis) is 1. The molecule has 1 saturated carbocycles. The van der Waals surface area contributed by atoms with Crippen LogP contribution in [0.15, 0.2) is 30.3 Å². The lowest BCUT2D eigenvalue weighted by molar-refractivity contribution is -0.175. The maximum atomic E-state index is 12.3. The molecule has 1 aliphatic carbocycles. The van der Waals surface area contributed by atoms with Gasteiger partial charge in [0.1, 0.15) is 6.61 Å². The van der Waals surface area contributed by atoms with Gasteiger partial charge in [0.25, 0.3) is 5.91 Å². The Balaban J connectivity index is 1.88. The van der Waals surface area contributed by atoms with Crippen LogP contribution in [0.5, 0.6) is 0 Å². The van der Waals surface area contributed by atoms with Crippen molar-refractivity contribution in [3.63, 3.8) is 0 Å². The first-order valence-corrected chi connectivity index (χ1v) is 7.90. The Morgan fingerprint density at radius 3 is 2.61 bits per heavy atom. The van der Waals surface area contributed by atoms with Crippen LogP contribution in [0.4, 0.5) is 4.79 Å². The van der Waals surface area contributed by atoms with E-state index in [0.29, 0.717) is 0 Å². The Labute approximate surface area is 136 Å². The average Bonchev–Trinajstić information content (AvgIpc) is 2.60. The quantitative estimate of drug-likeness (QED) is 0.846. The molecule has 126 valence electrons. The number of hydrogen-bond acceptors (Lipinski definition) is 4. The first-order valence-electron chi connectivity index (χ1n) is 7.90. The zero-order valence-corrected chi connectivity index (χ0v) is 13.7. The highest BCUT2D eigenvalue weighted by Crippen LogP contribution is 2.26.